The number of carbonyl (C=O) groups excluding carboxylic acids is 2. The van der Waals surface area contributed by atoms with Crippen molar-refractivity contribution in [2.45, 2.75) is 0 Å². The summed E-state index contributed by atoms with van der Waals surface area (Å²) in [6.45, 7) is 0. The molecule has 2 aromatic rings. The lowest BCUT2D eigenvalue weighted by Crippen LogP contribution is -2.20. The first-order valence-electron chi connectivity index (χ1n) is 6.04. The second-order valence-corrected chi connectivity index (χ2v) is 3.96. The van der Waals surface area contributed by atoms with Gasteiger partial charge in [-0.1, -0.05) is 12.1 Å². The van der Waals surface area contributed by atoms with E-state index in [4.69, 9.17) is 4.42 Å². The van der Waals surface area contributed by atoms with Gasteiger partial charge in [-0.15, -0.1) is 0 Å². The van der Waals surface area contributed by atoms with E-state index in [-0.39, 0.29) is 11.8 Å². The zero-order chi connectivity index (χ0) is 14.4. The largest absolute Gasteiger partial charge is 0.465 e. The first-order chi connectivity index (χ1) is 9.70. The summed E-state index contributed by atoms with van der Waals surface area (Å²) in [7, 11) is 1.54. The van der Waals surface area contributed by atoms with Crippen LogP contribution in [0.4, 0.5) is 5.69 Å². The molecule has 0 atom stereocenters. The monoisotopic (exact) mass is 270 g/mol. The molecule has 1 heterocycles. The first kappa shape index (κ1) is 13.6. The maximum atomic E-state index is 11.8. The number of nitrogens with one attached hydrogen (secondary N) is 2. The van der Waals surface area contributed by atoms with Gasteiger partial charge in [-0.05, 0) is 30.3 Å². The lowest BCUT2D eigenvalue weighted by molar-refractivity contribution is -0.111. The summed E-state index contributed by atoms with van der Waals surface area (Å²) < 4.78 is 5.08. The van der Waals surface area contributed by atoms with Crippen LogP contribution >= 0.6 is 0 Å². The third kappa shape index (κ3) is 3.35. The Hall–Kier alpha value is -2.82. The molecule has 102 valence electrons. The Balaban J connectivity index is 2.10. The lowest BCUT2D eigenvalue weighted by atomic mass is 10.1. The quantitative estimate of drug-likeness (QED) is 0.837. The molecule has 5 nitrogen and oxygen atoms in total. The number of rotatable bonds is 4. The molecule has 1 aromatic carbocycles. The zero-order valence-corrected chi connectivity index (χ0v) is 10.9. The lowest BCUT2D eigenvalue weighted by Gasteiger charge is -2.08. The highest BCUT2D eigenvalue weighted by atomic mass is 16.3. The van der Waals surface area contributed by atoms with Crippen LogP contribution in [0.2, 0.25) is 0 Å². The molecular weight excluding hydrogens is 256 g/mol. The molecule has 0 radical (unpaired) electrons. The van der Waals surface area contributed by atoms with Gasteiger partial charge < -0.3 is 15.1 Å². The van der Waals surface area contributed by atoms with Crippen LogP contribution in [-0.4, -0.2) is 18.9 Å². The van der Waals surface area contributed by atoms with E-state index in [1.54, 1.807) is 42.5 Å². The van der Waals surface area contributed by atoms with Crippen molar-refractivity contribution >= 4 is 23.6 Å². The van der Waals surface area contributed by atoms with Gasteiger partial charge in [-0.3, -0.25) is 9.59 Å². The van der Waals surface area contributed by atoms with Crippen LogP contribution in [-0.2, 0) is 4.79 Å². The highest BCUT2D eigenvalue weighted by Gasteiger charge is 2.10. The van der Waals surface area contributed by atoms with Gasteiger partial charge in [-0.2, -0.15) is 0 Å². The van der Waals surface area contributed by atoms with Crippen molar-refractivity contribution in [1.29, 1.82) is 0 Å². The number of para-hydroxylation sites is 1. The third-order valence-corrected chi connectivity index (χ3v) is 2.60. The van der Waals surface area contributed by atoms with E-state index < -0.39 is 0 Å². The Morgan fingerprint density at radius 3 is 2.65 bits per heavy atom. The molecule has 5 heteroatoms. The van der Waals surface area contributed by atoms with Crippen molar-refractivity contribution in [3.63, 3.8) is 0 Å². The number of furan rings is 1. The summed E-state index contributed by atoms with van der Waals surface area (Å²) in [6, 6.07) is 10.3. The molecule has 0 aliphatic heterocycles. The molecule has 0 aliphatic carbocycles. The smallest absolute Gasteiger partial charge is 0.253 e. The van der Waals surface area contributed by atoms with Gasteiger partial charge in [0.2, 0.25) is 5.91 Å². The van der Waals surface area contributed by atoms with E-state index in [9.17, 15) is 9.59 Å². The summed E-state index contributed by atoms with van der Waals surface area (Å²) in [4.78, 5) is 23.5. The molecule has 2 N–H and O–H groups in total. The minimum absolute atomic E-state index is 0.254. The van der Waals surface area contributed by atoms with Crippen LogP contribution in [0.1, 0.15) is 16.1 Å². The minimum atomic E-state index is -0.335. The minimum Gasteiger partial charge on any atom is -0.465 e. The van der Waals surface area contributed by atoms with Gasteiger partial charge in [0, 0.05) is 13.1 Å². The van der Waals surface area contributed by atoms with Crippen molar-refractivity contribution in [3.05, 3.63) is 60.1 Å². The second kappa shape index (κ2) is 6.38. The van der Waals surface area contributed by atoms with Crippen LogP contribution in [0.15, 0.2) is 53.2 Å². The Bertz CT molecular complexity index is 630. The number of hydrogen-bond acceptors (Lipinski definition) is 3. The summed E-state index contributed by atoms with van der Waals surface area (Å²) in [5, 5.41) is 5.19. The van der Waals surface area contributed by atoms with Gasteiger partial charge in [0.1, 0.15) is 5.76 Å². The molecule has 1 aromatic heterocycles. The van der Waals surface area contributed by atoms with Gasteiger partial charge >= 0.3 is 0 Å². The third-order valence-electron chi connectivity index (χ3n) is 2.60. The normalized spacial score (nSPS) is 10.4. The Kier molecular flexibility index (Phi) is 4.34. The average Bonchev–Trinajstić information content (AvgIpc) is 2.98. The van der Waals surface area contributed by atoms with Crippen LogP contribution in [0, 0.1) is 0 Å². The fraction of sp³-hybridized carbons (Fsp3) is 0.0667. The van der Waals surface area contributed by atoms with Gasteiger partial charge in [0.05, 0.1) is 17.5 Å². The molecule has 0 saturated heterocycles. The van der Waals surface area contributed by atoms with Crippen LogP contribution in [0.3, 0.4) is 0 Å². The maximum absolute atomic E-state index is 11.8. The SMILES string of the molecule is CNC(=O)c1ccccc1NC(=O)/C=C/c1ccco1. The van der Waals surface area contributed by atoms with Crippen LogP contribution < -0.4 is 10.6 Å². The summed E-state index contributed by atoms with van der Waals surface area (Å²) in [5.41, 5.74) is 0.871. The van der Waals surface area contributed by atoms with Crippen molar-refractivity contribution in [3.8, 4) is 0 Å². The van der Waals surface area contributed by atoms with E-state index in [0.717, 1.165) is 0 Å². The fourth-order valence-corrected chi connectivity index (χ4v) is 1.64. The molecule has 20 heavy (non-hydrogen) atoms. The summed E-state index contributed by atoms with van der Waals surface area (Å²) >= 11 is 0. The number of amides is 2. The van der Waals surface area contributed by atoms with Crippen LogP contribution in [0.5, 0.6) is 0 Å². The topological polar surface area (TPSA) is 71.3 Å². The van der Waals surface area contributed by atoms with E-state index in [1.165, 1.54) is 19.4 Å². The first-order valence-corrected chi connectivity index (χ1v) is 6.04. The van der Waals surface area contributed by atoms with Gasteiger partial charge in [0.25, 0.3) is 5.91 Å². The molecule has 0 bridgehead atoms. The van der Waals surface area contributed by atoms with Gasteiger partial charge in [0.15, 0.2) is 0 Å². The predicted molar refractivity (Wildman–Crippen MR) is 76.2 cm³/mol. The molecule has 0 fully saturated rings. The van der Waals surface area contributed by atoms with Gasteiger partial charge in [-0.25, -0.2) is 0 Å². The second-order valence-electron chi connectivity index (χ2n) is 3.96. The zero-order valence-electron chi connectivity index (χ0n) is 10.9. The fourth-order valence-electron chi connectivity index (χ4n) is 1.64. The standard InChI is InChI=1S/C15H14N2O3/c1-16-15(19)12-6-2-3-7-13(12)17-14(18)9-8-11-5-4-10-20-11/h2-10H,1H3,(H,16,19)(H,17,18)/b9-8+. The summed E-state index contributed by atoms with van der Waals surface area (Å²) in [6.07, 6.45) is 4.43. The number of anilines is 1. The van der Waals surface area contributed by atoms with E-state index in [1.807, 2.05) is 0 Å². The molecule has 2 rings (SSSR count). The number of benzene rings is 1. The predicted octanol–water partition coefficient (Wildman–Crippen LogP) is 2.29. The molecule has 0 aliphatic rings. The van der Waals surface area contributed by atoms with Crippen molar-refractivity contribution in [2.75, 3.05) is 12.4 Å². The highest BCUT2D eigenvalue weighted by molar-refractivity contribution is 6.07. The molecular formula is C15H14N2O3. The maximum Gasteiger partial charge on any atom is 0.253 e. The average molecular weight is 270 g/mol. The molecule has 0 saturated carbocycles. The Morgan fingerprint density at radius 2 is 1.95 bits per heavy atom. The Labute approximate surface area is 116 Å². The summed E-state index contributed by atoms with van der Waals surface area (Å²) in [5.74, 6) is -0.00611. The van der Waals surface area contributed by atoms with E-state index in [0.29, 0.717) is 17.0 Å². The van der Waals surface area contributed by atoms with E-state index >= 15 is 0 Å². The number of hydrogen-bond donors (Lipinski definition) is 2. The van der Waals surface area contributed by atoms with Crippen LogP contribution in [0.25, 0.3) is 6.08 Å². The Morgan fingerprint density at radius 1 is 1.15 bits per heavy atom. The number of carbonyl (C=O) groups is 2. The highest BCUT2D eigenvalue weighted by Crippen LogP contribution is 2.15. The molecule has 0 unspecified atom stereocenters. The van der Waals surface area contributed by atoms with Crippen molar-refractivity contribution < 1.29 is 14.0 Å². The van der Waals surface area contributed by atoms with E-state index in [2.05, 4.69) is 10.6 Å². The van der Waals surface area contributed by atoms with Crippen molar-refractivity contribution in [1.82, 2.24) is 5.32 Å². The van der Waals surface area contributed by atoms with Crippen molar-refractivity contribution in [2.24, 2.45) is 0 Å². The molecule has 2 amide bonds. The molecule has 0 spiro atoms.